The van der Waals surface area contributed by atoms with Crippen LogP contribution in [0.25, 0.3) is 11.1 Å². The maximum absolute atomic E-state index is 12.8. The molecule has 0 fully saturated rings. The van der Waals surface area contributed by atoms with Gasteiger partial charge in [0.2, 0.25) is 9.84 Å². The molecule has 0 atom stereocenters. The summed E-state index contributed by atoms with van der Waals surface area (Å²) in [6.45, 7) is 2.04. The minimum absolute atomic E-state index is 0.270. The summed E-state index contributed by atoms with van der Waals surface area (Å²) in [5.74, 6) is 1.17. The van der Waals surface area contributed by atoms with Crippen LogP contribution in [0.15, 0.2) is 46.2 Å². The van der Waals surface area contributed by atoms with Crippen LogP contribution in [0.4, 0.5) is 0 Å². The number of hydrogen-bond acceptors (Lipinski definition) is 6. The van der Waals surface area contributed by atoms with Gasteiger partial charge < -0.3 is 20.9 Å². The third kappa shape index (κ3) is 3.49. The highest BCUT2D eigenvalue weighted by molar-refractivity contribution is 7.92. The molecule has 1 aliphatic rings. The summed E-state index contributed by atoms with van der Waals surface area (Å²) in [5.41, 5.74) is 12.2. The van der Waals surface area contributed by atoms with Crippen molar-refractivity contribution in [2.24, 2.45) is 11.5 Å². The van der Waals surface area contributed by atoms with E-state index in [1.54, 1.807) is 36.4 Å². The van der Waals surface area contributed by atoms with Gasteiger partial charge in [0.15, 0.2) is 0 Å². The molecular weight excluding hydrogens is 340 g/mol. The molecule has 2 aromatic rings. The van der Waals surface area contributed by atoms with Crippen molar-refractivity contribution in [3.63, 3.8) is 0 Å². The van der Waals surface area contributed by atoms with Crippen LogP contribution in [0.2, 0.25) is 0 Å². The van der Waals surface area contributed by atoms with Gasteiger partial charge in [0.1, 0.15) is 11.5 Å². The Labute approximate surface area is 147 Å². The molecule has 7 heteroatoms. The standard InChI is InChI=1S/C18H22N2O4S/c19-7-1-9-23-13-4-6-17-16(11-13)15-5-3-14(24-10-2-8-20)12-18(15)25(17,21)22/h3-6,11-12H,1-2,7-10,19-20H2. The molecule has 0 spiro atoms. The molecule has 0 unspecified atom stereocenters. The Kier molecular flexibility index (Phi) is 5.27. The lowest BCUT2D eigenvalue weighted by molar-refractivity contribution is 0.312. The molecule has 1 heterocycles. The molecule has 0 amide bonds. The highest BCUT2D eigenvalue weighted by Gasteiger charge is 2.33. The van der Waals surface area contributed by atoms with E-state index < -0.39 is 9.84 Å². The second-order valence-corrected chi connectivity index (χ2v) is 7.69. The zero-order valence-electron chi connectivity index (χ0n) is 13.9. The monoisotopic (exact) mass is 362 g/mol. The summed E-state index contributed by atoms with van der Waals surface area (Å²) < 4.78 is 36.8. The maximum Gasteiger partial charge on any atom is 0.207 e. The van der Waals surface area contributed by atoms with Crippen molar-refractivity contribution in [1.82, 2.24) is 0 Å². The molecule has 0 saturated heterocycles. The summed E-state index contributed by atoms with van der Waals surface area (Å²) >= 11 is 0. The zero-order chi connectivity index (χ0) is 17.9. The highest BCUT2D eigenvalue weighted by Crippen LogP contribution is 2.45. The summed E-state index contributed by atoms with van der Waals surface area (Å²) in [6.07, 6.45) is 1.46. The first-order valence-corrected chi connectivity index (χ1v) is 9.75. The zero-order valence-corrected chi connectivity index (χ0v) is 14.7. The van der Waals surface area contributed by atoms with Gasteiger partial charge in [0, 0.05) is 11.1 Å². The van der Waals surface area contributed by atoms with Crippen molar-refractivity contribution in [3.8, 4) is 22.6 Å². The Morgan fingerprint density at radius 3 is 2.00 bits per heavy atom. The van der Waals surface area contributed by atoms with E-state index in [1.807, 2.05) is 0 Å². The molecule has 6 nitrogen and oxygen atoms in total. The normalized spacial score (nSPS) is 14.0. The fraction of sp³-hybridized carbons (Fsp3) is 0.333. The van der Waals surface area contributed by atoms with Crippen LogP contribution in [0.1, 0.15) is 12.8 Å². The van der Waals surface area contributed by atoms with Crippen molar-refractivity contribution >= 4 is 9.84 Å². The average Bonchev–Trinajstić information content (AvgIpc) is 2.83. The van der Waals surface area contributed by atoms with Crippen molar-refractivity contribution in [2.75, 3.05) is 26.3 Å². The lowest BCUT2D eigenvalue weighted by Gasteiger charge is -2.08. The smallest absolute Gasteiger partial charge is 0.207 e. The van der Waals surface area contributed by atoms with E-state index in [-0.39, 0.29) is 4.90 Å². The molecule has 0 saturated carbocycles. The number of nitrogens with two attached hydrogens (primary N) is 2. The topological polar surface area (TPSA) is 105 Å². The first-order chi connectivity index (χ1) is 12.1. The number of hydrogen-bond donors (Lipinski definition) is 2. The minimum atomic E-state index is -3.54. The Morgan fingerprint density at radius 1 is 0.760 bits per heavy atom. The van der Waals surface area contributed by atoms with Gasteiger partial charge in [0.05, 0.1) is 23.0 Å². The molecule has 4 N–H and O–H groups in total. The Morgan fingerprint density at radius 2 is 1.36 bits per heavy atom. The molecule has 0 radical (unpaired) electrons. The number of ether oxygens (including phenoxy) is 2. The Balaban J connectivity index is 1.92. The van der Waals surface area contributed by atoms with Gasteiger partial charge in [-0.15, -0.1) is 0 Å². The molecule has 1 aliphatic heterocycles. The van der Waals surface area contributed by atoms with E-state index in [0.717, 1.165) is 6.42 Å². The van der Waals surface area contributed by atoms with E-state index in [0.29, 0.717) is 60.2 Å². The van der Waals surface area contributed by atoms with E-state index >= 15 is 0 Å². The van der Waals surface area contributed by atoms with E-state index in [2.05, 4.69) is 0 Å². The second kappa shape index (κ2) is 7.43. The third-order valence-corrected chi connectivity index (χ3v) is 5.86. The van der Waals surface area contributed by atoms with Gasteiger partial charge in [0.25, 0.3) is 0 Å². The lowest BCUT2D eigenvalue weighted by atomic mass is 10.1. The maximum atomic E-state index is 12.8. The van der Waals surface area contributed by atoms with E-state index in [1.165, 1.54) is 0 Å². The summed E-state index contributed by atoms with van der Waals surface area (Å²) in [7, 11) is -3.54. The van der Waals surface area contributed by atoms with Crippen molar-refractivity contribution in [2.45, 2.75) is 22.6 Å². The first-order valence-electron chi connectivity index (χ1n) is 8.27. The molecule has 0 aromatic heterocycles. The van der Waals surface area contributed by atoms with Crippen LogP contribution in [0, 0.1) is 0 Å². The highest BCUT2D eigenvalue weighted by atomic mass is 32.2. The van der Waals surface area contributed by atoms with Gasteiger partial charge in [-0.1, -0.05) is 0 Å². The number of benzene rings is 2. The summed E-state index contributed by atoms with van der Waals surface area (Å²) in [5, 5.41) is 0. The van der Waals surface area contributed by atoms with Crippen LogP contribution >= 0.6 is 0 Å². The van der Waals surface area contributed by atoms with Crippen LogP contribution in [-0.2, 0) is 9.84 Å². The van der Waals surface area contributed by atoms with Crippen molar-refractivity contribution in [1.29, 1.82) is 0 Å². The number of sulfone groups is 1. The quantitative estimate of drug-likeness (QED) is 0.594. The molecule has 0 aliphatic carbocycles. The predicted molar refractivity (Wildman–Crippen MR) is 95.7 cm³/mol. The van der Waals surface area contributed by atoms with Crippen molar-refractivity contribution in [3.05, 3.63) is 36.4 Å². The average molecular weight is 362 g/mol. The van der Waals surface area contributed by atoms with Gasteiger partial charge in [-0.2, -0.15) is 0 Å². The fourth-order valence-electron chi connectivity index (χ4n) is 2.75. The third-order valence-electron chi connectivity index (χ3n) is 4.01. The van der Waals surface area contributed by atoms with Crippen LogP contribution in [0.3, 0.4) is 0 Å². The first kappa shape index (κ1) is 17.7. The van der Waals surface area contributed by atoms with Gasteiger partial charge in [-0.25, -0.2) is 8.42 Å². The molecule has 134 valence electrons. The molecule has 3 rings (SSSR count). The molecule has 2 aromatic carbocycles. The number of fused-ring (bicyclic) bond motifs is 3. The van der Waals surface area contributed by atoms with Gasteiger partial charge in [-0.05, 0) is 62.3 Å². The molecular formula is C18H22N2O4S. The van der Waals surface area contributed by atoms with Gasteiger partial charge in [-0.3, -0.25) is 0 Å². The Hall–Kier alpha value is -2.09. The fourth-order valence-corrected chi connectivity index (χ4v) is 4.43. The van der Waals surface area contributed by atoms with Gasteiger partial charge >= 0.3 is 0 Å². The Bertz CT molecular complexity index is 865. The lowest BCUT2D eigenvalue weighted by Crippen LogP contribution is -2.06. The predicted octanol–water partition coefficient (Wildman–Crippen LogP) is 1.96. The second-order valence-electron chi connectivity index (χ2n) is 5.80. The molecule has 0 bridgehead atoms. The summed E-state index contributed by atoms with van der Waals surface area (Å²) in [4.78, 5) is 0.569. The minimum Gasteiger partial charge on any atom is -0.494 e. The number of rotatable bonds is 8. The van der Waals surface area contributed by atoms with E-state index in [4.69, 9.17) is 20.9 Å². The largest absolute Gasteiger partial charge is 0.494 e. The van der Waals surface area contributed by atoms with Crippen LogP contribution in [0.5, 0.6) is 11.5 Å². The van der Waals surface area contributed by atoms with Crippen molar-refractivity contribution < 1.29 is 17.9 Å². The van der Waals surface area contributed by atoms with Crippen LogP contribution < -0.4 is 20.9 Å². The molecule has 25 heavy (non-hydrogen) atoms. The summed E-state index contributed by atoms with van der Waals surface area (Å²) in [6, 6.07) is 10.2. The van der Waals surface area contributed by atoms with Crippen LogP contribution in [-0.4, -0.2) is 34.7 Å². The van der Waals surface area contributed by atoms with E-state index in [9.17, 15) is 8.42 Å². The SMILES string of the molecule is NCCCOc1ccc2c(c1)-c1ccc(OCCCN)cc1S2(=O)=O.